The highest BCUT2D eigenvalue weighted by molar-refractivity contribution is 7.89. The van der Waals surface area contributed by atoms with E-state index in [9.17, 15) is 13.2 Å². The van der Waals surface area contributed by atoms with E-state index in [4.69, 9.17) is 10.9 Å². The third-order valence-corrected chi connectivity index (χ3v) is 2.81. The lowest BCUT2D eigenvalue weighted by atomic mass is 10.3. The van der Waals surface area contributed by atoms with Crippen molar-refractivity contribution in [3.63, 3.8) is 0 Å². The molecule has 0 fully saturated rings. The number of hydrogen-bond donors (Lipinski definition) is 2. The molecule has 1 rings (SSSR count). The van der Waals surface area contributed by atoms with Crippen molar-refractivity contribution in [2.45, 2.75) is 4.90 Å². The van der Waals surface area contributed by atoms with Crippen LogP contribution in [0.4, 0.5) is 10.5 Å². The molecular weight excluding hydrogens is 218 g/mol. The summed E-state index contributed by atoms with van der Waals surface area (Å²) >= 11 is 0. The molecule has 15 heavy (non-hydrogen) atoms. The first kappa shape index (κ1) is 11.5. The van der Waals surface area contributed by atoms with Crippen molar-refractivity contribution in [2.75, 3.05) is 11.9 Å². The number of carbonyl (C=O) groups is 1. The Morgan fingerprint density at radius 3 is 2.07 bits per heavy atom. The van der Waals surface area contributed by atoms with E-state index in [1.165, 1.54) is 36.2 Å². The molecule has 0 aliphatic heterocycles. The zero-order valence-corrected chi connectivity index (χ0v) is 8.86. The van der Waals surface area contributed by atoms with Crippen LogP contribution in [0.25, 0.3) is 0 Å². The lowest BCUT2D eigenvalue weighted by molar-refractivity contribution is 0.255. The molecule has 4 N–H and O–H groups in total. The van der Waals surface area contributed by atoms with Gasteiger partial charge in [-0.05, 0) is 24.3 Å². The van der Waals surface area contributed by atoms with Gasteiger partial charge in [-0.2, -0.15) is 0 Å². The second-order valence-corrected chi connectivity index (χ2v) is 4.50. The summed E-state index contributed by atoms with van der Waals surface area (Å²) in [7, 11) is -2.22. The minimum absolute atomic E-state index is 0.0101. The molecule has 0 saturated carbocycles. The maximum absolute atomic E-state index is 10.9. The predicted molar refractivity (Wildman–Crippen MR) is 55.8 cm³/mol. The molecule has 0 spiro atoms. The van der Waals surface area contributed by atoms with Crippen LogP contribution in [0.5, 0.6) is 0 Å². The number of anilines is 1. The molecule has 7 heteroatoms. The van der Waals surface area contributed by atoms with Gasteiger partial charge in [-0.15, -0.1) is 0 Å². The van der Waals surface area contributed by atoms with E-state index in [2.05, 4.69) is 0 Å². The molecule has 0 aliphatic rings. The Hall–Kier alpha value is -1.60. The number of benzene rings is 1. The van der Waals surface area contributed by atoms with Crippen molar-refractivity contribution in [1.82, 2.24) is 0 Å². The minimum Gasteiger partial charge on any atom is -0.351 e. The summed E-state index contributed by atoms with van der Waals surface area (Å²) in [5.74, 6) is 0. The summed E-state index contributed by atoms with van der Waals surface area (Å²) in [5.41, 5.74) is 5.53. The van der Waals surface area contributed by atoms with Crippen LogP contribution < -0.4 is 15.8 Å². The highest BCUT2D eigenvalue weighted by atomic mass is 32.2. The fraction of sp³-hybridized carbons (Fsp3) is 0.125. The number of rotatable bonds is 2. The number of sulfonamides is 1. The van der Waals surface area contributed by atoms with E-state index in [0.29, 0.717) is 5.69 Å². The first-order valence-electron chi connectivity index (χ1n) is 3.98. The first-order chi connectivity index (χ1) is 6.82. The summed E-state index contributed by atoms with van der Waals surface area (Å²) in [5, 5.41) is 4.91. The molecule has 0 atom stereocenters. The monoisotopic (exact) mass is 229 g/mol. The van der Waals surface area contributed by atoms with Gasteiger partial charge in [-0.3, -0.25) is 4.90 Å². The summed E-state index contributed by atoms with van der Waals surface area (Å²) in [6.45, 7) is 0. The summed E-state index contributed by atoms with van der Waals surface area (Å²) in [6.07, 6.45) is 0. The van der Waals surface area contributed by atoms with Gasteiger partial charge in [0.2, 0.25) is 10.0 Å². The molecular formula is C8H11N3O3S. The van der Waals surface area contributed by atoms with Crippen LogP contribution in [-0.2, 0) is 10.0 Å². The van der Waals surface area contributed by atoms with Gasteiger partial charge in [-0.1, -0.05) is 0 Å². The van der Waals surface area contributed by atoms with Crippen LogP contribution in [-0.4, -0.2) is 21.5 Å². The van der Waals surface area contributed by atoms with Crippen LogP contribution in [0.15, 0.2) is 29.2 Å². The number of nitrogens with two attached hydrogens (primary N) is 2. The minimum atomic E-state index is -3.70. The van der Waals surface area contributed by atoms with Gasteiger partial charge >= 0.3 is 6.03 Å². The molecule has 0 bridgehead atoms. The maximum atomic E-state index is 10.9. The molecule has 1 aromatic rings. The van der Waals surface area contributed by atoms with Gasteiger partial charge in [0.25, 0.3) is 0 Å². The second kappa shape index (κ2) is 3.87. The van der Waals surface area contributed by atoms with Crippen LogP contribution >= 0.6 is 0 Å². The molecule has 0 unspecified atom stereocenters. The lowest BCUT2D eigenvalue weighted by Crippen LogP contribution is -2.31. The van der Waals surface area contributed by atoms with Crippen molar-refractivity contribution in [1.29, 1.82) is 0 Å². The smallest absolute Gasteiger partial charge is 0.318 e. The number of hydrogen-bond acceptors (Lipinski definition) is 3. The SMILES string of the molecule is CN(C(N)=O)c1ccc(S(N)(=O)=O)cc1. The van der Waals surface area contributed by atoms with Crippen LogP contribution in [0.3, 0.4) is 0 Å². The molecule has 0 radical (unpaired) electrons. The van der Waals surface area contributed by atoms with Crippen LogP contribution in [0.2, 0.25) is 0 Å². The van der Waals surface area contributed by atoms with Crippen molar-refractivity contribution in [3.8, 4) is 0 Å². The number of nitrogens with zero attached hydrogens (tertiary/aromatic N) is 1. The summed E-state index contributed by atoms with van der Waals surface area (Å²) in [4.78, 5) is 12.0. The number of primary amides is 1. The van der Waals surface area contributed by atoms with Gasteiger partial charge in [0.1, 0.15) is 0 Å². The fourth-order valence-corrected chi connectivity index (χ4v) is 1.50. The molecule has 2 amide bonds. The van der Waals surface area contributed by atoms with Crippen LogP contribution in [0, 0.1) is 0 Å². The van der Waals surface area contributed by atoms with Gasteiger partial charge in [-0.25, -0.2) is 18.4 Å². The Labute approximate surface area is 87.5 Å². The Bertz CT molecular complexity index is 466. The average molecular weight is 229 g/mol. The summed E-state index contributed by atoms with van der Waals surface area (Å²) < 4.78 is 21.8. The highest BCUT2D eigenvalue weighted by Gasteiger charge is 2.09. The first-order valence-corrected chi connectivity index (χ1v) is 5.53. The number of carbonyl (C=O) groups excluding carboxylic acids is 1. The number of primary sulfonamides is 1. The topological polar surface area (TPSA) is 106 Å². The predicted octanol–water partition coefficient (Wildman–Crippen LogP) is -0.151. The maximum Gasteiger partial charge on any atom is 0.318 e. The van der Waals surface area contributed by atoms with Crippen molar-refractivity contribution < 1.29 is 13.2 Å². The third kappa shape index (κ3) is 2.67. The van der Waals surface area contributed by atoms with E-state index in [-0.39, 0.29) is 4.90 Å². The van der Waals surface area contributed by atoms with Crippen LogP contribution in [0.1, 0.15) is 0 Å². The Morgan fingerprint density at radius 2 is 1.73 bits per heavy atom. The Morgan fingerprint density at radius 1 is 1.27 bits per heavy atom. The Kier molecular flexibility index (Phi) is 2.96. The van der Waals surface area contributed by atoms with E-state index in [0.717, 1.165) is 0 Å². The van der Waals surface area contributed by atoms with Gasteiger partial charge in [0.05, 0.1) is 4.90 Å². The largest absolute Gasteiger partial charge is 0.351 e. The van der Waals surface area contributed by atoms with Crippen molar-refractivity contribution in [2.24, 2.45) is 10.9 Å². The standard InChI is InChI=1S/C8H11N3O3S/c1-11(8(9)12)6-2-4-7(5-3-6)15(10,13)14/h2-5H,1H3,(H2,9,12)(H2,10,13,14). The van der Waals surface area contributed by atoms with Crippen molar-refractivity contribution in [3.05, 3.63) is 24.3 Å². The molecule has 0 saturated heterocycles. The zero-order valence-electron chi connectivity index (χ0n) is 8.04. The van der Waals surface area contributed by atoms with Gasteiger partial charge in [0, 0.05) is 12.7 Å². The van der Waals surface area contributed by atoms with E-state index in [1.54, 1.807) is 0 Å². The normalized spacial score (nSPS) is 11.1. The summed E-state index contributed by atoms with van der Waals surface area (Å²) in [6, 6.07) is 4.89. The molecule has 6 nitrogen and oxygen atoms in total. The molecule has 0 heterocycles. The number of urea groups is 1. The van der Waals surface area contributed by atoms with E-state index >= 15 is 0 Å². The lowest BCUT2D eigenvalue weighted by Gasteiger charge is -2.14. The average Bonchev–Trinajstić information content (AvgIpc) is 2.15. The second-order valence-electron chi connectivity index (χ2n) is 2.94. The van der Waals surface area contributed by atoms with Gasteiger partial charge < -0.3 is 5.73 Å². The quantitative estimate of drug-likeness (QED) is 0.736. The highest BCUT2D eigenvalue weighted by Crippen LogP contribution is 2.15. The van der Waals surface area contributed by atoms with E-state index < -0.39 is 16.1 Å². The molecule has 0 aliphatic carbocycles. The van der Waals surface area contributed by atoms with Crippen molar-refractivity contribution >= 4 is 21.7 Å². The Balaban J connectivity index is 3.06. The molecule has 0 aromatic heterocycles. The van der Waals surface area contributed by atoms with E-state index in [1.807, 2.05) is 0 Å². The molecule has 1 aromatic carbocycles. The molecule has 82 valence electrons. The third-order valence-electron chi connectivity index (χ3n) is 1.88. The number of amides is 2. The zero-order chi connectivity index (χ0) is 11.6. The van der Waals surface area contributed by atoms with Gasteiger partial charge in [0.15, 0.2) is 0 Å². The fourth-order valence-electron chi connectivity index (χ4n) is 0.987.